The fourth-order valence-electron chi connectivity index (χ4n) is 1.82. The average Bonchev–Trinajstić information content (AvgIpc) is 2.41. The van der Waals surface area contributed by atoms with Gasteiger partial charge in [-0.1, -0.05) is 11.6 Å². The van der Waals surface area contributed by atoms with Crippen LogP contribution in [0.4, 0.5) is 0 Å². The van der Waals surface area contributed by atoms with E-state index in [1.54, 1.807) is 12.1 Å². The second kappa shape index (κ2) is 4.62. The highest BCUT2D eigenvalue weighted by Gasteiger charge is 2.17. The molecular weight excluding hydrogens is 288 g/mol. The smallest absolute Gasteiger partial charge is 0.351 e. The van der Waals surface area contributed by atoms with Crippen LogP contribution in [-0.2, 0) is 4.89 Å². The molecule has 1 aromatic carbocycles. The molecule has 1 N–H and O–H groups in total. The van der Waals surface area contributed by atoms with Crippen molar-refractivity contribution in [3.63, 3.8) is 0 Å². The maximum Gasteiger partial charge on any atom is 0.351 e. The Morgan fingerprint density at radius 2 is 2.15 bits per heavy atom. The van der Waals surface area contributed by atoms with Crippen LogP contribution < -0.4 is 16.1 Å². The van der Waals surface area contributed by atoms with E-state index < -0.39 is 11.2 Å². The minimum Gasteiger partial charge on any atom is -0.436 e. The molecule has 0 fully saturated rings. The normalized spacial score (nSPS) is 11.1. The van der Waals surface area contributed by atoms with Gasteiger partial charge in [0, 0.05) is 5.39 Å². The Balaban J connectivity index is 2.40. The summed E-state index contributed by atoms with van der Waals surface area (Å²) in [4.78, 5) is 37.9. The highest BCUT2D eigenvalue weighted by Crippen LogP contribution is 2.35. The Kier molecular flexibility index (Phi) is 2.92. The van der Waals surface area contributed by atoms with Crippen LogP contribution >= 0.6 is 11.6 Å². The number of aromatic amines is 1. The summed E-state index contributed by atoms with van der Waals surface area (Å²) < 4.78 is 5.43. The first-order valence-corrected chi connectivity index (χ1v) is 5.85. The lowest BCUT2D eigenvalue weighted by Gasteiger charge is -2.08. The van der Waals surface area contributed by atoms with Crippen LogP contribution in [0.5, 0.6) is 5.75 Å². The van der Waals surface area contributed by atoms with Gasteiger partial charge in [-0.2, -0.15) is 9.87 Å². The zero-order chi connectivity index (χ0) is 14.3. The molecule has 2 heterocycles. The van der Waals surface area contributed by atoms with E-state index in [4.69, 9.17) is 20.9 Å². The molecule has 0 saturated carbocycles. The van der Waals surface area contributed by atoms with Crippen molar-refractivity contribution in [1.29, 1.82) is 0 Å². The summed E-state index contributed by atoms with van der Waals surface area (Å²) >= 11 is 6.11. The SMILES string of the molecule is COOc1ccc2cc3c(=O)[nH]c(=O)nc-3oc2c1Cl. The van der Waals surface area contributed by atoms with Crippen molar-refractivity contribution in [2.45, 2.75) is 0 Å². The molecule has 0 unspecified atom stereocenters. The summed E-state index contributed by atoms with van der Waals surface area (Å²) in [5.41, 5.74) is -0.954. The van der Waals surface area contributed by atoms with Crippen LogP contribution in [0.25, 0.3) is 22.4 Å². The van der Waals surface area contributed by atoms with Crippen LogP contribution in [0.3, 0.4) is 0 Å². The molecule has 0 spiro atoms. The molecule has 7 nitrogen and oxygen atoms in total. The van der Waals surface area contributed by atoms with E-state index in [-0.39, 0.29) is 27.8 Å². The first kappa shape index (κ1) is 12.6. The lowest BCUT2D eigenvalue weighted by atomic mass is 10.1. The van der Waals surface area contributed by atoms with Crippen molar-refractivity contribution < 1.29 is 14.2 Å². The molecule has 0 atom stereocenters. The zero-order valence-electron chi connectivity index (χ0n) is 10.1. The number of H-pyrrole nitrogens is 1. The van der Waals surface area contributed by atoms with Crippen molar-refractivity contribution in [3.8, 4) is 17.2 Å². The number of nitrogens with zero attached hydrogens (tertiary/aromatic N) is 1. The highest BCUT2D eigenvalue weighted by atomic mass is 35.5. The Morgan fingerprint density at radius 3 is 2.90 bits per heavy atom. The van der Waals surface area contributed by atoms with Crippen LogP contribution in [-0.4, -0.2) is 17.1 Å². The largest absolute Gasteiger partial charge is 0.436 e. The number of rotatable bonds is 2. The van der Waals surface area contributed by atoms with E-state index >= 15 is 0 Å². The van der Waals surface area contributed by atoms with Crippen molar-refractivity contribution in [2.75, 3.05) is 7.11 Å². The Bertz CT molecular complexity index is 885. The summed E-state index contributed by atoms with van der Waals surface area (Å²) in [6.07, 6.45) is 0. The van der Waals surface area contributed by atoms with Crippen LogP contribution in [0, 0.1) is 0 Å². The fourth-order valence-corrected chi connectivity index (χ4v) is 2.07. The van der Waals surface area contributed by atoms with Crippen LogP contribution in [0.15, 0.2) is 32.2 Å². The van der Waals surface area contributed by atoms with Crippen LogP contribution in [0.1, 0.15) is 0 Å². The molecule has 0 radical (unpaired) electrons. The maximum atomic E-state index is 11.7. The van der Waals surface area contributed by atoms with E-state index in [1.165, 1.54) is 13.2 Å². The summed E-state index contributed by atoms with van der Waals surface area (Å²) in [6.45, 7) is 0. The fraction of sp³-hybridized carbons (Fsp3) is 0.0833. The van der Waals surface area contributed by atoms with Crippen molar-refractivity contribution in [2.24, 2.45) is 0 Å². The Labute approximate surface area is 116 Å². The summed E-state index contributed by atoms with van der Waals surface area (Å²) in [5.74, 6) is 0.152. The zero-order valence-corrected chi connectivity index (χ0v) is 10.9. The highest BCUT2D eigenvalue weighted by molar-refractivity contribution is 6.36. The molecule has 0 bridgehead atoms. The van der Waals surface area contributed by atoms with Gasteiger partial charge in [0.15, 0.2) is 11.3 Å². The number of halogens is 1. The lowest BCUT2D eigenvalue weighted by molar-refractivity contribution is -0.178. The van der Waals surface area contributed by atoms with Gasteiger partial charge in [0.25, 0.3) is 5.56 Å². The van der Waals surface area contributed by atoms with Gasteiger partial charge >= 0.3 is 5.69 Å². The van der Waals surface area contributed by atoms with Gasteiger partial charge < -0.3 is 9.30 Å². The van der Waals surface area contributed by atoms with E-state index in [9.17, 15) is 9.59 Å². The second-order valence-corrected chi connectivity index (χ2v) is 4.26. The molecule has 1 aromatic rings. The molecule has 0 amide bonds. The van der Waals surface area contributed by atoms with Crippen molar-refractivity contribution in [3.05, 3.63) is 44.1 Å². The third kappa shape index (κ3) is 1.93. The molecule has 3 rings (SSSR count). The van der Waals surface area contributed by atoms with E-state index in [0.717, 1.165) is 0 Å². The van der Waals surface area contributed by atoms with Gasteiger partial charge in [-0.15, -0.1) is 0 Å². The standard InChI is InChI=1S/C12H7ClN2O5/c1-18-20-7-3-2-5-4-6-10(16)14-12(17)15-11(6)19-9(5)8(7)13/h2-4H,1H3,(H,14,16,17). The monoisotopic (exact) mass is 294 g/mol. The number of hydrogen-bond acceptors (Lipinski definition) is 6. The average molecular weight is 295 g/mol. The third-order valence-corrected chi connectivity index (χ3v) is 3.02. The third-order valence-electron chi connectivity index (χ3n) is 2.66. The minimum atomic E-state index is -0.786. The molecule has 8 heteroatoms. The molecule has 0 aromatic heterocycles. The first-order valence-electron chi connectivity index (χ1n) is 5.47. The molecule has 0 aliphatic carbocycles. The number of hydrogen-bond donors (Lipinski definition) is 1. The van der Waals surface area contributed by atoms with Crippen LogP contribution in [0.2, 0.25) is 5.02 Å². The van der Waals surface area contributed by atoms with E-state index in [0.29, 0.717) is 5.39 Å². The molecule has 20 heavy (non-hydrogen) atoms. The second-order valence-electron chi connectivity index (χ2n) is 3.88. The Hall–Kier alpha value is -2.38. The summed E-state index contributed by atoms with van der Waals surface area (Å²) in [6, 6.07) is 4.74. The summed E-state index contributed by atoms with van der Waals surface area (Å²) in [5, 5.41) is 0.720. The molecule has 0 saturated heterocycles. The number of aromatic nitrogens is 2. The first-order chi connectivity index (χ1) is 9.60. The maximum absolute atomic E-state index is 11.7. The molecular formula is C12H7ClN2O5. The van der Waals surface area contributed by atoms with Gasteiger partial charge in [-0.3, -0.25) is 9.78 Å². The predicted octanol–water partition coefficient (Wildman–Crippen LogP) is 1.57. The molecule has 2 aliphatic heterocycles. The molecule has 2 aliphatic rings. The van der Waals surface area contributed by atoms with Gasteiger partial charge in [-0.05, 0) is 18.2 Å². The van der Waals surface area contributed by atoms with Gasteiger partial charge in [-0.25, -0.2) is 4.79 Å². The number of fused-ring (bicyclic) bond motifs is 2. The van der Waals surface area contributed by atoms with E-state index in [2.05, 4.69) is 14.9 Å². The van der Waals surface area contributed by atoms with Gasteiger partial charge in [0.05, 0.1) is 7.11 Å². The van der Waals surface area contributed by atoms with Crippen molar-refractivity contribution in [1.82, 2.24) is 9.97 Å². The Morgan fingerprint density at radius 1 is 1.35 bits per heavy atom. The van der Waals surface area contributed by atoms with Gasteiger partial charge in [0.1, 0.15) is 10.6 Å². The minimum absolute atomic E-state index is 0.0947. The topological polar surface area (TPSA) is 94.4 Å². The summed E-state index contributed by atoms with van der Waals surface area (Å²) in [7, 11) is 1.34. The molecule has 102 valence electrons. The quantitative estimate of drug-likeness (QED) is 0.438. The van der Waals surface area contributed by atoms with E-state index in [1.807, 2.05) is 0 Å². The van der Waals surface area contributed by atoms with Gasteiger partial charge in [0.2, 0.25) is 5.89 Å². The lowest BCUT2D eigenvalue weighted by Crippen LogP contribution is -2.24. The van der Waals surface area contributed by atoms with Crippen molar-refractivity contribution >= 4 is 22.6 Å². The predicted molar refractivity (Wildman–Crippen MR) is 70.2 cm³/mol. The number of nitrogens with one attached hydrogen (secondary N) is 1. The number of benzene rings is 1.